The fourth-order valence-corrected chi connectivity index (χ4v) is 3.19. The lowest BCUT2D eigenvalue weighted by Gasteiger charge is -2.23. The van der Waals surface area contributed by atoms with E-state index in [1.165, 1.54) is 0 Å². The molecule has 118 valence electrons. The van der Waals surface area contributed by atoms with E-state index in [0.717, 1.165) is 32.1 Å². The van der Waals surface area contributed by atoms with Crippen molar-refractivity contribution in [2.24, 2.45) is 10.9 Å². The number of hydrogen-bond acceptors (Lipinski definition) is 3. The Morgan fingerprint density at radius 1 is 1.50 bits per heavy atom. The summed E-state index contributed by atoms with van der Waals surface area (Å²) >= 11 is 0. The predicted octanol–water partition coefficient (Wildman–Crippen LogP) is 1.08. The zero-order chi connectivity index (χ0) is 15.2. The number of hydrogen-bond donors (Lipinski definition) is 1. The predicted molar refractivity (Wildman–Crippen MR) is 85.7 cm³/mol. The number of nitrogens with one attached hydrogen (secondary N) is 1. The van der Waals surface area contributed by atoms with E-state index in [1.54, 1.807) is 14.2 Å². The van der Waals surface area contributed by atoms with E-state index in [2.05, 4.69) is 15.2 Å². The lowest BCUT2D eigenvalue weighted by Crippen LogP contribution is -2.42. The van der Waals surface area contributed by atoms with Gasteiger partial charge in [-0.3, -0.25) is 9.20 Å². The first kappa shape index (κ1) is 17.4. The number of rotatable bonds is 5. The van der Waals surface area contributed by atoms with Crippen LogP contribution in [-0.2, 0) is 15.5 Å². The van der Waals surface area contributed by atoms with Crippen LogP contribution in [0.3, 0.4) is 0 Å². The minimum absolute atomic E-state index is 0.150. The summed E-state index contributed by atoms with van der Waals surface area (Å²) < 4.78 is 17.1. The van der Waals surface area contributed by atoms with Crippen LogP contribution >= 0.6 is 0 Å². The van der Waals surface area contributed by atoms with E-state index < -0.39 is 10.8 Å². The van der Waals surface area contributed by atoms with Crippen molar-refractivity contribution < 1.29 is 8.95 Å². The molecule has 0 aliphatic carbocycles. The molecule has 2 atom stereocenters. The molecule has 5 nitrogen and oxygen atoms in total. The highest BCUT2D eigenvalue weighted by molar-refractivity contribution is 7.86. The first-order valence-electron chi connectivity index (χ1n) is 7.21. The standard InChI is InChI=1S/C14H29N3O2S/c1-14(2,3)20(18)9-7-16-13(15-4)17-8-6-12(10-17)11-19-5/h12H,6-11H2,1-5H3,(H,15,16). The summed E-state index contributed by atoms with van der Waals surface area (Å²) in [4.78, 5) is 6.57. The van der Waals surface area contributed by atoms with Gasteiger partial charge in [-0.25, -0.2) is 0 Å². The van der Waals surface area contributed by atoms with Crippen molar-refractivity contribution in [2.45, 2.75) is 31.9 Å². The van der Waals surface area contributed by atoms with Crippen LogP contribution in [0.25, 0.3) is 0 Å². The van der Waals surface area contributed by atoms with Gasteiger partial charge >= 0.3 is 0 Å². The van der Waals surface area contributed by atoms with Gasteiger partial charge in [0.15, 0.2) is 5.96 Å². The Kier molecular flexibility index (Phi) is 6.95. The molecular formula is C14H29N3O2S. The van der Waals surface area contributed by atoms with Crippen LogP contribution in [0.15, 0.2) is 4.99 Å². The van der Waals surface area contributed by atoms with Gasteiger partial charge in [0.05, 0.1) is 6.61 Å². The lowest BCUT2D eigenvalue weighted by atomic mass is 10.1. The van der Waals surface area contributed by atoms with Crippen molar-refractivity contribution in [3.8, 4) is 0 Å². The summed E-state index contributed by atoms with van der Waals surface area (Å²) in [7, 11) is 2.72. The molecule has 1 saturated heterocycles. The van der Waals surface area contributed by atoms with Gasteiger partial charge in [0, 0.05) is 61.0 Å². The number of aliphatic imine (C=N–C) groups is 1. The number of ether oxygens (including phenoxy) is 1. The van der Waals surface area contributed by atoms with Crippen molar-refractivity contribution in [3.05, 3.63) is 0 Å². The topological polar surface area (TPSA) is 53.9 Å². The molecule has 0 aromatic carbocycles. The van der Waals surface area contributed by atoms with Crippen LogP contribution in [-0.4, -0.2) is 66.0 Å². The second-order valence-electron chi connectivity index (χ2n) is 6.19. The molecule has 1 fully saturated rings. The van der Waals surface area contributed by atoms with E-state index in [0.29, 0.717) is 18.2 Å². The third-order valence-corrected chi connectivity index (χ3v) is 5.39. The molecule has 1 rings (SSSR count). The van der Waals surface area contributed by atoms with Crippen LogP contribution in [0.4, 0.5) is 0 Å². The number of nitrogens with zero attached hydrogens (tertiary/aromatic N) is 2. The Morgan fingerprint density at radius 2 is 2.20 bits per heavy atom. The van der Waals surface area contributed by atoms with Gasteiger partial charge in [-0.15, -0.1) is 0 Å². The van der Waals surface area contributed by atoms with Gasteiger partial charge in [0.25, 0.3) is 0 Å². The molecular weight excluding hydrogens is 274 g/mol. The Hall–Kier alpha value is -0.620. The highest BCUT2D eigenvalue weighted by Gasteiger charge is 2.25. The Bertz CT molecular complexity index is 353. The van der Waals surface area contributed by atoms with E-state index >= 15 is 0 Å². The third kappa shape index (κ3) is 5.40. The molecule has 1 heterocycles. The molecule has 20 heavy (non-hydrogen) atoms. The first-order valence-corrected chi connectivity index (χ1v) is 8.53. The summed E-state index contributed by atoms with van der Waals surface area (Å²) in [6, 6.07) is 0. The highest BCUT2D eigenvalue weighted by atomic mass is 32.2. The SMILES string of the molecule is CN=C(NCCS(=O)C(C)(C)C)N1CCC(COC)C1. The zero-order valence-electron chi connectivity index (χ0n) is 13.4. The highest BCUT2D eigenvalue weighted by Crippen LogP contribution is 2.16. The second-order valence-corrected chi connectivity index (χ2v) is 8.52. The maximum atomic E-state index is 12.0. The molecule has 1 aliphatic rings. The smallest absolute Gasteiger partial charge is 0.193 e. The van der Waals surface area contributed by atoms with Crippen LogP contribution in [0.2, 0.25) is 0 Å². The minimum atomic E-state index is -0.823. The molecule has 0 spiro atoms. The van der Waals surface area contributed by atoms with Crippen LogP contribution in [0.1, 0.15) is 27.2 Å². The molecule has 1 N–H and O–H groups in total. The number of likely N-dealkylation sites (tertiary alicyclic amines) is 1. The van der Waals surface area contributed by atoms with Crippen molar-refractivity contribution >= 4 is 16.8 Å². The third-order valence-electron chi connectivity index (χ3n) is 3.45. The van der Waals surface area contributed by atoms with Crippen molar-refractivity contribution in [1.82, 2.24) is 10.2 Å². The molecule has 0 radical (unpaired) electrons. The van der Waals surface area contributed by atoms with Gasteiger partial charge in [0.2, 0.25) is 0 Å². The first-order chi connectivity index (χ1) is 9.38. The van der Waals surface area contributed by atoms with Crippen molar-refractivity contribution in [1.29, 1.82) is 0 Å². The Labute approximate surface area is 125 Å². The van der Waals surface area contributed by atoms with Gasteiger partial charge < -0.3 is 15.0 Å². The average molecular weight is 303 g/mol. The van der Waals surface area contributed by atoms with E-state index in [-0.39, 0.29) is 4.75 Å². The van der Waals surface area contributed by atoms with Crippen molar-refractivity contribution in [3.63, 3.8) is 0 Å². The fraction of sp³-hybridized carbons (Fsp3) is 0.929. The second kappa shape index (κ2) is 7.98. The monoisotopic (exact) mass is 303 g/mol. The normalized spacial score (nSPS) is 22.1. The molecule has 0 aromatic heterocycles. The molecule has 2 unspecified atom stereocenters. The van der Waals surface area contributed by atoms with Crippen LogP contribution in [0, 0.1) is 5.92 Å². The van der Waals surface area contributed by atoms with E-state index in [1.807, 2.05) is 20.8 Å². The minimum Gasteiger partial charge on any atom is -0.384 e. The fourth-order valence-electron chi connectivity index (χ4n) is 2.29. The number of methoxy groups -OCH3 is 1. The Morgan fingerprint density at radius 3 is 2.75 bits per heavy atom. The quantitative estimate of drug-likeness (QED) is 0.610. The summed E-state index contributed by atoms with van der Waals surface area (Å²) in [6.45, 7) is 9.52. The van der Waals surface area contributed by atoms with E-state index in [4.69, 9.17) is 4.74 Å². The van der Waals surface area contributed by atoms with Crippen LogP contribution in [0.5, 0.6) is 0 Å². The molecule has 1 aliphatic heterocycles. The summed E-state index contributed by atoms with van der Waals surface area (Å²) in [6.07, 6.45) is 1.14. The largest absolute Gasteiger partial charge is 0.384 e. The summed E-state index contributed by atoms with van der Waals surface area (Å²) in [5, 5.41) is 3.32. The molecule has 0 saturated carbocycles. The van der Waals surface area contributed by atoms with Gasteiger partial charge in [-0.1, -0.05) is 0 Å². The molecule has 6 heteroatoms. The molecule has 0 bridgehead atoms. The maximum Gasteiger partial charge on any atom is 0.193 e. The summed E-state index contributed by atoms with van der Waals surface area (Å²) in [5.74, 6) is 2.15. The van der Waals surface area contributed by atoms with Crippen LogP contribution < -0.4 is 5.32 Å². The van der Waals surface area contributed by atoms with Gasteiger partial charge in [-0.05, 0) is 27.2 Å². The molecule has 0 amide bonds. The van der Waals surface area contributed by atoms with E-state index in [9.17, 15) is 4.21 Å². The van der Waals surface area contributed by atoms with Gasteiger partial charge in [-0.2, -0.15) is 0 Å². The maximum absolute atomic E-state index is 12.0. The Balaban J connectivity index is 2.36. The average Bonchev–Trinajstić information content (AvgIpc) is 2.82. The van der Waals surface area contributed by atoms with Crippen molar-refractivity contribution in [2.75, 3.05) is 46.2 Å². The lowest BCUT2D eigenvalue weighted by molar-refractivity contribution is 0.157. The molecule has 0 aromatic rings. The van der Waals surface area contributed by atoms with Gasteiger partial charge in [0.1, 0.15) is 0 Å². The zero-order valence-corrected chi connectivity index (χ0v) is 14.3. The summed E-state index contributed by atoms with van der Waals surface area (Å²) in [5.41, 5.74) is 0. The number of guanidine groups is 1.